The van der Waals surface area contributed by atoms with Crippen LogP contribution in [0.1, 0.15) is 5.56 Å². The maximum Gasteiger partial charge on any atom is 0.273 e. The highest BCUT2D eigenvalue weighted by Crippen LogP contribution is 2.23. The molecule has 0 fully saturated rings. The van der Waals surface area contributed by atoms with Gasteiger partial charge in [0.2, 0.25) is 0 Å². The molecule has 0 saturated carbocycles. The smallest absolute Gasteiger partial charge is 0.273 e. The molecule has 0 spiro atoms. The van der Waals surface area contributed by atoms with Crippen LogP contribution in [0.25, 0.3) is 0 Å². The zero-order valence-corrected chi connectivity index (χ0v) is 11.3. The first-order valence-electron chi connectivity index (χ1n) is 5.58. The van der Waals surface area contributed by atoms with Gasteiger partial charge in [0, 0.05) is 17.8 Å². The third-order valence-corrected chi connectivity index (χ3v) is 3.98. The molecule has 1 heterocycles. The van der Waals surface area contributed by atoms with Gasteiger partial charge in [-0.1, -0.05) is 6.07 Å². The number of nitro groups is 1. The van der Waals surface area contributed by atoms with Crippen LogP contribution in [0, 0.1) is 17.0 Å². The van der Waals surface area contributed by atoms with Crippen LogP contribution in [0.4, 0.5) is 11.4 Å². The summed E-state index contributed by atoms with van der Waals surface area (Å²) in [6.07, 6.45) is 2.86. The van der Waals surface area contributed by atoms with Crippen LogP contribution in [0.15, 0.2) is 47.6 Å². The molecule has 1 aromatic heterocycles. The first-order valence-corrected chi connectivity index (χ1v) is 7.06. The van der Waals surface area contributed by atoms with Gasteiger partial charge in [0.15, 0.2) is 0 Å². The van der Waals surface area contributed by atoms with Crippen LogP contribution in [-0.4, -0.2) is 18.3 Å². The average Bonchev–Trinajstić information content (AvgIpc) is 2.39. The number of rotatable bonds is 4. The number of sulfonamides is 1. The van der Waals surface area contributed by atoms with Crippen LogP contribution in [0.2, 0.25) is 0 Å². The van der Waals surface area contributed by atoms with Crippen molar-refractivity contribution in [2.24, 2.45) is 0 Å². The van der Waals surface area contributed by atoms with Gasteiger partial charge in [-0.2, -0.15) is 0 Å². The summed E-state index contributed by atoms with van der Waals surface area (Å²) >= 11 is 0. The third kappa shape index (κ3) is 2.91. The molecule has 20 heavy (non-hydrogen) atoms. The quantitative estimate of drug-likeness (QED) is 0.687. The van der Waals surface area contributed by atoms with Crippen LogP contribution >= 0.6 is 0 Å². The van der Waals surface area contributed by atoms with Crippen molar-refractivity contribution < 1.29 is 13.3 Å². The summed E-state index contributed by atoms with van der Waals surface area (Å²) in [5.74, 6) is 0. The van der Waals surface area contributed by atoms with Crippen molar-refractivity contribution >= 4 is 21.4 Å². The molecule has 1 aromatic carbocycles. The second kappa shape index (κ2) is 5.25. The number of aryl methyl sites for hydroxylation is 1. The molecule has 0 aliphatic carbocycles. The van der Waals surface area contributed by atoms with E-state index in [0.717, 1.165) is 6.07 Å². The van der Waals surface area contributed by atoms with Gasteiger partial charge in [-0.25, -0.2) is 8.42 Å². The predicted octanol–water partition coefficient (Wildman–Crippen LogP) is 2.10. The fourth-order valence-electron chi connectivity index (χ4n) is 1.59. The lowest BCUT2D eigenvalue weighted by atomic mass is 10.2. The van der Waals surface area contributed by atoms with E-state index in [1.54, 1.807) is 13.0 Å². The fourth-order valence-corrected chi connectivity index (χ4v) is 2.65. The highest BCUT2D eigenvalue weighted by molar-refractivity contribution is 7.92. The van der Waals surface area contributed by atoms with Gasteiger partial charge in [-0.05, 0) is 25.1 Å². The molecular formula is C12H11N3O4S. The van der Waals surface area contributed by atoms with Crippen molar-refractivity contribution in [3.05, 3.63) is 58.4 Å². The van der Waals surface area contributed by atoms with Gasteiger partial charge < -0.3 is 0 Å². The Kier molecular flexibility index (Phi) is 3.66. The van der Waals surface area contributed by atoms with Crippen molar-refractivity contribution in [2.75, 3.05) is 4.72 Å². The summed E-state index contributed by atoms with van der Waals surface area (Å²) in [5.41, 5.74) is 0.449. The summed E-state index contributed by atoms with van der Waals surface area (Å²) in [4.78, 5) is 13.8. The van der Waals surface area contributed by atoms with Crippen LogP contribution < -0.4 is 4.72 Å². The molecule has 1 N–H and O–H groups in total. The minimum Gasteiger partial charge on any atom is -0.278 e. The number of nitrogens with zero attached hydrogens (tertiary/aromatic N) is 2. The standard InChI is InChI=1S/C12H11N3O4S/c1-9-4-5-11(7-12(9)15(16)17)20(18,19)14-10-3-2-6-13-8-10/h2-8,14H,1H3. The Morgan fingerprint density at radius 2 is 2.05 bits per heavy atom. The molecule has 2 aromatic rings. The first-order chi connectivity index (χ1) is 9.40. The lowest BCUT2D eigenvalue weighted by Crippen LogP contribution is -2.13. The fraction of sp³-hybridized carbons (Fsp3) is 0.0833. The van der Waals surface area contributed by atoms with E-state index in [-0.39, 0.29) is 16.3 Å². The molecular weight excluding hydrogens is 282 g/mol. The zero-order chi connectivity index (χ0) is 14.8. The molecule has 0 aliphatic rings. The Balaban J connectivity index is 2.40. The second-order valence-electron chi connectivity index (χ2n) is 4.05. The van der Waals surface area contributed by atoms with Gasteiger partial charge in [-0.15, -0.1) is 0 Å². The highest BCUT2D eigenvalue weighted by atomic mass is 32.2. The molecule has 0 amide bonds. The van der Waals surface area contributed by atoms with Crippen molar-refractivity contribution in [1.29, 1.82) is 0 Å². The average molecular weight is 293 g/mol. The summed E-state index contributed by atoms with van der Waals surface area (Å²) in [6, 6.07) is 6.87. The number of benzene rings is 1. The largest absolute Gasteiger partial charge is 0.278 e. The van der Waals surface area contributed by atoms with E-state index in [0.29, 0.717) is 5.56 Å². The predicted molar refractivity (Wildman–Crippen MR) is 72.9 cm³/mol. The normalized spacial score (nSPS) is 11.1. The second-order valence-corrected chi connectivity index (χ2v) is 5.74. The van der Waals surface area contributed by atoms with E-state index < -0.39 is 14.9 Å². The van der Waals surface area contributed by atoms with Crippen LogP contribution in [0.3, 0.4) is 0 Å². The number of nitrogens with one attached hydrogen (secondary N) is 1. The number of hydrogen-bond donors (Lipinski definition) is 1. The number of hydrogen-bond acceptors (Lipinski definition) is 5. The van der Waals surface area contributed by atoms with E-state index in [9.17, 15) is 18.5 Å². The molecule has 0 atom stereocenters. The summed E-state index contributed by atoms with van der Waals surface area (Å²) in [6.45, 7) is 1.54. The van der Waals surface area contributed by atoms with Gasteiger partial charge >= 0.3 is 0 Å². The van der Waals surface area contributed by atoms with E-state index in [1.807, 2.05) is 0 Å². The minimum atomic E-state index is -3.88. The van der Waals surface area contributed by atoms with E-state index >= 15 is 0 Å². The topological polar surface area (TPSA) is 102 Å². The minimum absolute atomic E-state index is 0.168. The summed E-state index contributed by atoms with van der Waals surface area (Å²) in [7, 11) is -3.88. The molecule has 104 valence electrons. The SMILES string of the molecule is Cc1ccc(S(=O)(=O)Nc2cccnc2)cc1[N+](=O)[O-]. The first kappa shape index (κ1) is 13.9. The maximum atomic E-state index is 12.1. The molecule has 7 nitrogen and oxygen atoms in total. The Labute approximate surface area is 115 Å². The Morgan fingerprint density at radius 1 is 1.30 bits per heavy atom. The van der Waals surface area contributed by atoms with Gasteiger partial charge in [0.25, 0.3) is 15.7 Å². The maximum absolute atomic E-state index is 12.1. The molecule has 8 heteroatoms. The third-order valence-electron chi connectivity index (χ3n) is 2.60. The van der Waals surface area contributed by atoms with Gasteiger partial charge in [0.05, 0.1) is 21.7 Å². The van der Waals surface area contributed by atoms with Crippen molar-refractivity contribution in [2.45, 2.75) is 11.8 Å². The Morgan fingerprint density at radius 3 is 2.65 bits per heavy atom. The Bertz CT molecular complexity index is 745. The number of aromatic nitrogens is 1. The van der Waals surface area contributed by atoms with Crippen LogP contribution in [-0.2, 0) is 10.0 Å². The van der Waals surface area contributed by atoms with Gasteiger partial charge in [-0.3, -0.25) is 19.8 Å². The summed E-state index contributed by atoms with van der Waals surface area (Å²) < 4.78 is 26.6. The lowest BCUT2D eigenvalue weighted by molar-refractivity contribution is -0.385. The Hall–Kier alpha value is -2.48. The van der Waals surface area contributed by atoms with Crippen molar-refractivity contribution in [3.8, 4) is 0 Å². The number of pyridine rings is 1. The molecule has 0 unspecified atom stereocenters. The number of nitro benzene ring substituents is 1. The number of anilines is 1. The molecule has 0 bridgehead atoms. The lowest BCUT2D eigenvalue weighted by Gasteiger charge is -2.08. The van der Waals surface area contributed by atoms with E-state index in [2.05, 4.69) is 9.71 Å². The van der Waals surface area contributed by atoms with Crippen LogP contribution in [0.5, 0.6) is 0 Å². The van der Waals surface area contributed by atoms with E-state index in [4.69, 9.17) is 0 Å². The highest BCUT2D eigenvalue weighted by Gasteiger charge is 2.19. The van der Waals surface area contributed by atoms with Crippen molar-refractivity contribution in [3.63, 3.8) is 0 Å². The summed E-state index contributed by atoms with van der Waals surface area (Å²) in [5, 5.41) is 10.8. The van der Waals surface area contributed by atoms with Crippen molar-refractivity contribution in [1.82, 2.24) is 4.98 Å². The molecule has 0 aliphatic heterocycles. The molecule has 0 radical (unpaired) electrons. The monoisotopic (exact) mass is 293 g/mol. The molecule has 0 saturated heterocycles. The zero-order valence-electron chi connectivity index (χ0n) is 10.5. The molecule has 2 rings (SSSR count). The van der Waals surface area contributed by atoms with Gasteiger partial charge in [0.1, 0.15) is 0 Å². The van der Waals surface area contributed by atoms with E-state index in [1.165, 1.54) is 30.6 Å².